The van der Waals surface area contributed by atoms with Crippen LogP contribution in [-0.2, 0) is 0 Å². The van der Waals surface area contributed by atoms with Gasteiger partial charge in [-0.3, -0.25) is 4.57 Å². The molecule has 0 atom stereocenters. The first-order valence-electron chi connectivity index (χ1n) is 18.3. The number of aromatic nitrogens is 3. The van der Waals surface area contributed by atoms with Gasteiger partial charge < -0.3 is 0 Å². The van der Waals surface area contributed by atoms with E-state index in [0.717, 1.165) is 44.0 Å². The van der Waals surface area contributed by atoms with E-state index >= 15 is 0 Å². The minimum atomic E-state index is 0.672. The Kier molecular flexibility index (Phi) is 6.21. The number of para-hydroxylation sites is 1. The van der Waals surface area contributed by atoms with Gasteiger partial charge in [0.1, 0.15) is 0 Å². The second-order valence-corrected chi connectivity index (χ2v) is 15.1. The SMILES string of the molecule is c1ccc(-c2ccc(-c3nc(-n4c5ccccc5c5c6ccccc6c6c7ccccc7sc6c54)nc4c5ccccc5c5ccccc5c34)cc2)cc1. The first kappa shape index (κ1) is 29.7. The lowest BCUT2D eigenvalue weighted by molar-refractivity contribution is 1.02. The van der Waals surface area contributed by atoms with Crippen LogP contribution >= 0.6 is 11.3 Å². The Labute approximate surface area is 314 Å². The van der Waals surface area contributed by atoms with Crippen molar-refractivity contribution in [1.29, 1.82) is 0 Å². The molecule has 3 nitrogen and oxygen atoms in total. The van der Waals surface area contributed by atoms with E-state index in [0.29, 0.717) is 5.95 Å². The predicted molar refractivity (Wildman–Crippen MR) is 230 cm³/mol. The minimum absolute atomic E-state index is 0.672. The first-order chi connectivity index (χ1) is 26.8. The summed E-state index contributed by atoms with van der Waals surface area (Å²) in [6.45, 7) is 0. The van der Waals surface area contributed by atoms with E-state index in [4.69, 9.17) is 9.97 Å². The Morgan fingerprint density at radius 2 is 0.889 bits per heavy atom. The van der Waals surface area contributed by atoms with Crippen LogP contribution in [0.3, 0.4) is 0 Å². The summed E-state index contributed by atoms with van der Waals surface area (Å²) in [5.74, 6) is 0.672. The molecule has 0 fully saturated rings. The van der Waals surface area contributed by atoms with Gasteiger partial charge in [-0.15, -0.1) is 11.3 Å². The molecule has 0 aliphatic heterocycles. The zero-order valence-corrected chi connectivity index (χ0v) is 29.8. The largest absolute Gasteiger partial charge is 0.276 e. The van der Waals surface area contributed by atoms with E-state index in [9.17, 15) is 0 Å². The lowest BCUT2D eigenvalue weighted by Gasteiger charge is -2.16. The first-order valence-corrected chi connectivity index (χ1v) is 19.2. The van der Waals surface area contributed by atoms with Crippen molar-refractivity contribution in [3.8, 4) is 28.3 Å². The number of hydrogen-bond acceptors (Lipinski definition) is 3. The van der Waals surface area contributed by atoms with E-state index < -0.39 is 0 Å². The van der Waals surface area contributed by atoms with E-state index in [-0.39, 0.29) is 0 Å². The number of hydrogen-bond donors (Lipinski definition) is 0. The minimum Gasteiger partial charge on any atom is -0.276 e. The molecule has 0 aliphatic rings. The second-order valence-electron chi connectivity index (χ2n) is 14.1. The van der Waals surface area contributed by atoms with Crippen molar-refractivity contribution in [2.45, 2.75) is 0 Å². The highest BCUT2D eigenvalue weighted by molar-refractivity contribution is 7.27. The third-order valence-corrected chi connectivity index (χ3v) is 12.4. The summed E-state index contributed by atoms with van der Waals surface area (Å²) < 4.78 is 4.88. The molecule has 12 aromatic rings. The fraction of sp³-hybridized carbons (Fsp3) is 0. The van der Waals surface area contributed by atoms with Crippen molar-refractivity contribution in [2.75, 3.05) is 0 Å². The van der Waals surface area contributed by atoms with Crippen molar-refractivity contribution < 1.29 is 0 Å². The van der Waals surface area contributed by atoms with Crippen molar-refractivity contribution in [2.24, 2.45) is 0 Å². The molecule has 3 aromatic heterocycles. The summed E-state index contributed by atoms with van der Waals surface area (Å²) >= 11 is 1.86. The van der Waals surface area contributed by atoms with Crippen LogP contribution in [0.1, 0.15) is 0 Å². The summed E-state index contributed by atoms with van der Waals surface area (Å²) in [5.41, 5.74) is 7.56. The van der Waals surface area contributed by atoms with Gasteiger partial charge in [0.25, 0.3) is 0 Å². The molecule has 0 unspecified atom stereocenters. The maximum absolute atomic E-state index is 5.67. The Morgan fingerprint density at radius 3 is 1.63 bits per heavy atom. The molecule has 0 saturated carbocycles. The number of thiophene rings is 1. The van der Waals surface area contributed by atoms with Crippen LogP contribution in [0.25, 0.3) is 114 Å². The molecule has 0 saturated heterocycles. The molecule has 0 radical (unpaired) electrons. The van der Waals surface area contributed by atoms with Crippen LogP contribution in [-0.4, -0.2) is 14.5 Å². The summed E-state index contributed by atoms with van der Waals surface area (Å²) in [4.78, 5) is 11.3. The molecule has 0 aliphatic carbocycles. The van der Waals surface area contributed by atoms with Crippen molar-refractivity contribution >= 4 is 96.5 Å². The van der Waals surface area contributed by atoms with Gasteiger partial charge in [-0.1, -0.05) is 164 Å². The molecule has 250 valence electrons. The van der Waals surface area contributed by atoms with Crippen LogP contribution in [0.2, 0.25) is 0 Å². The molecule has 54 heavy (non-hydrogen) atoms. The molecule has 0 spiro atoms. The standard InChI is InChI=1S/C50H29N3S/c1-2-14-30(15-3-1)31-26-28-32(29-27-31)46-45-35-18-6-4-16-33(35)34-17-5-9-21-38(34)47(45)52-50(51-46)53-41-24-12-10-22-39(41)43-36-19-7-8-20-37(36)44-40-23-11-13-25-42(40)54-49(44)48(43)53/h1-29H. The predicted octanol–water partition coefficient (Wildman–Crippen LogP) is 13.9. The van der Waals surface area contributed by atoms with E-state index in [1.807, 2.05) is 11.3 Å². The van der Waals surface area contributed by atoms with E-state index in [1.54, 1.807) is 0 Å². The van der Waals surface area contributed by atoms with Gasteiger partial charge >= 0.3 is 0 Å². The fourth-order valence-electron chi connectivity index (χ4n) is 8.85. The molecule has 0 N–H and O–H groups in total. The molecule has 0 bridgehead atoms. The van der Waals surface area contributed by atoms with Crippen LogP contribution < -0.4 is 0 Å². The summed E-state index contributed by atoms with van der Waals surface area (Å²) in [6, 6.07) is 63.3. The third-order valence-electron chi connectivity index (χ3n) is 11.2. The topological polar surface area (TPSA) is 30.7 Å². The van der Waals surface area contributed by atoms with E-state index in [1.165, 1.54) is 63.6 Å². The monoisotopic (exact) mass is 703 g/mol. The molecule has 9 aromatic carbocycles. The van der Waals surface area contributed by atoms with Crippen LogP contribution in [0.4, 0.5) is 0 Å². The molecular formula is C50H29N3S. The summed E-state index contributed by atoms with van der Waals surface area (Å²) in [6.07, 6.45) is 0. The molecule has 0 amide bonds. The maximum atomic E-state index is 5.67. The van der Waals surface area contributed by atoms with Gasteiger partial charge in [0, 0.05) is 42.6 Å². The normalized spacial score (nSPS) is 12.1. The van der Waals surface area contributed by atoms with Gasteiger partial charge in [-0.25, -0.2) is 9.97 Å². The van der Waals surface area contributed by atoms with Gasteiger partial charge in [0.2, 0.25) is 5.95 Å². The van der Waals surface area contributed by atoms with Crippen molar-refractivity contribution in [3.63, 3.8) is 0 Å². The maximum Gasteiger partial charge on any atom is 0.235 e. The number of benzene rings is 9. The summed E-state index contributed by atoms with van der Waals surface area (Å²) in [5, 5.41) is 13.3. The van der Waals surface area contributed by atoms with Crippen molar-refractivity contribution in [1.82, 2.24) is 14.5 Å². The highest BCUT2D eigenvalue weighted by Crippen LogP contribution is 2.48. The average molecular weight is 704 g/mol. The third kappa shape index (κ3) is 4.11. The van der Waals surface area contributed by atoms with Gasteiger partial charge in [-0.05, 0) is 50.2 Å². The Balaban J connectivity index is 1.28. The Hall–Kier alpha value is -6.88. The van der Waals surface area contributed by atoms with Crippen LogP contribution in [0.15, 0.2) is 176 Å². The van der Waals surface area contributed by atoms with Gasteiger partial charge in [0.05, 0.1) is 26.9 Å². The Bertz CT molecular complexity index is 3490. The van der Waals surface area contributed by atoms with Crippen molar-refractivity contribution in [3.05, 3.63) is 176 Å². The second kappa shape index (κ2) is 11.3. The molecular weight excluding hydrogens is 675 g/mol. The van der Waals surface area contributed by atoms with Crippen LogP contribution in [0.5, 0.6) is 0 Å². The smallest absolute Gasteiger partial charge is 0.235 e. The fourth-order valence-corrected chi connectivity index (χ4v) is 10.1. The molecule has 4 heteroatoms. The molecule has 12 rings (SSSR count). The van der Waals surface area contributed by atoms with Gasteiger partial charge in [0.15, 0.2) is 0 Å². The lowest BCUT2D eigenvalue weighted by atomic mass is 9.94. The number of rotatable bonds is 3. The van der Waals surface area contributed by atoms with Crippen LogP contribution in [0, 0.1) is 0 Å². The molecule has 3 heterocycles. The van der Waals surface area contributed by atoms with E-state index in [2.05, 4.69) is 180 Å². The average Bonchev–Trinajstić information content (AvgIpc) is 3.81. The number of fused-ring (bicyclic) bond motifs is 16. The number of nitrogens with zero attached hydrogens (tertiary/aromatic N) is 3. The lowest BCUT2D eigenvalue weighted by Crippen LogP contribution is -2.04. The van der Waals surface area contributed by atoms with Gasteiger partial charge in [-0.2, -0.15) is 0 Å². The highest BCUT2D eigenvalue weighted by atomic mass is 32.1. The highest BCUT2D eigenvalue weighted by Gasteiger charge is 2.25. The Morgan fingerprint density at radius 1 is 0.370 bits per heavy atom. The quantitative estimate of drug-likeness (QED) is 0.172. The zero-order valence-electron chi connectivity index (χ0n) is 29.0. The summed E-state index contributed by atoms with van der Waals surface area (Å²) in [7, 11) is 0. The zero-order chi connectivity index (χ0) is 35.3.